The Morgan fingerprint density at radius 1 is 0.909 bits per heavy atom. The van der Waals surface area contributed by atoms with Gasteiger partial charge in [-0.1, -0.05) is 12.2 Å². The third kappa shape index (κ3) is 1.65. The van der Waals surface area contributed by atoms with Crippen LogP contribution in [0.2, 0.25) is 0 Å². The summed E-state index contributed by atoms with van der Waals surface area (Å²) in [6.45, 7) is 0. The Morgan fingerprint density at radius 3 is 1.82 bits per heavy atom. The van der Waals surface area contributed by atoms with Crippen LogP contribution in [-0.2, 0) is 0 Å². The maximum atomic E-state index is 4.60. The van der Waals surface area contributed by atoms with E-state index in [2.05, 4.69) is 17.5 Å². The summed E-state index contributed by atoms with van der Waals surface area (Å²) in [5.74, 6) is 0. The highest BCUT2D eigenvalue weighted by atomic mass is 14.9. The summed E-state index contributed by atoms with van der Waals surface area (Å²) in [7, 11) is 0. The minimum absolute atomic E-state index is 1.21. The van der Waals surface area contributed by atoms with Gasteiger partial charge in [0.2, 0.25) is 0 Å². The summed E-state index contributed by atoms with van der Waals surface area (Å²) >= 11 is 0. The van der Waals surface area contributed by atoms with Crippen LogP contribution in [0.25, 0.3) is 0 Å². The summed E-state index contributed by atoms with van der Waals surface area (Å²) in [6, 6.07) is 0. The number of allylic oxidation sites excluding steroid dienone is 4. The van der Waals surface area contributed by atoms with E-state index in [4.69, 9.17) is 0 Å². The highest BCUT2D eigenvalue weighted by Gasteiger charge is 2.10. The quantitative estimate of drug-likeness (QED) is 0.571. The molecule has 0 unspecified atom stereocenters. The van der Waals surface area contributed by atoms with E-state index >= 15 is 0 Å². The zero-order chi connectivity index (χ0) is 7.52. The van der Waals surface area contributed by atoms with Gasteiger partial charge in [0, 0.05) is 11.4 Å². The van der Waals surface area contributed by atoms with Crippen LogP contribution < -0.4 is 5.32 Å². The van der Waals surface area contributed by atoms with Gasteiger partial charge in [0.25, 0.3) is 0 Å². The Bertz CT molecular complexity index is 179. The van der Waals surface area contributed by atoms with E-state index < -0.39 is 0 Å². The molecule has 0 saturated carbocycles. The second-order valence-electron chi connectivity index (χ2n) is 3.29. The van der Waals surface area contributed by atoms with E-state index in [1.807, 2.05) is 0 Å². The van der Waals surface area contributed by atoms with E-state index in [0.717, 1.165) is 0 Å². The molecule has 0 spiro atoms. The Morgan fingerprint density at radius 2 is 1.45 bits per heavy atom. The fourth-order valence-corrected chi connectivity index (χ4v) is 1.70. The summed E-state index contributed by atoms with van der Waals surface area (Å²) in [6.07, 6.45) is 12.1. The number of nitrogens with zero attached hydrogens (tertiary/aromatic N) is 1. The van der Waals surface area contributed by atoms with Crippen molar-refractivity contribution in [2.45, 2.75) is 38.5 Å². The molecule has 59 valence electrons. The van der Waals surface area contributed by atoms with Crippen LogP contribution in [0.5, 0.6) is 0 Å². The highest BCUT2D eigenvalue weighted by Crippen LogP contribution is 2.22. The van der Waals surface area contributed by atoms with Crippen molar-refractivity contribution in [3.8, 4) is 0 Å². The molecule has 1 radical (unpaired) electrons. The lowest BCUT2D eigenvalue weighted by Gasteiger charge is -2.02. The Kier molecular flexibility index (Phi) is 1.97. The van der Waals surface area contributed by atoms with E-state index in [-0.39, 0.29) is 0 Å². The van der Waals surface area contributed by atoms with E-state index in [1.54, 1.807) is 0 Å². The molecule has 1 heteroatoms. The van der Waals surface area contributed by atoms with Crippen LogP contribution in [-0.4, -0.2) is 0 Å². The Hall–Kier alpha value is -0.720. The molecule has 1 nitrogen and oxygen atoms in total. The first kappa shape index (κ1) is 6.96. The first-order chi connectivity index (χ1) is 5.45. The van der Waals surface area contributed by atoms with Crippen LogP contribution in [0.15, 0.2) is 23.5 Å². The average Bonchev–Trinajstić information content (AvgIpc) is 2.60. The van der Waals surface area contributed by atoms with Gasteiger partial charge in [-0.25, -0.2) is 0 Å². The third-order valence-electron chi connectivity index (χ3n) is 2.32. The minimum atomic E-state index is 1.21. The molecule has 2 rings (SSSR count). The Labute approximate surface area is 68.2 Å². The van der Waals surface area contributed by atoms with E-state index in [0.29, 0.717) is 0 Å². The molecule has 0 aromatic heterocycles. The lowest BCUT2D eigenvalue weighted by molar-refractivity contribution is 0.795. The van der Waals surface area contributed by atoms with Crippen molar-refractivity contribution in [2.75, 3.05) is 0 Å². The van der Waals surface area contributed by atoms with E-state index in [1.165, 1.54) is 49.9 Å². The molecule has 0 N–H and O–H groups in total. The first-order valence-electron chi connectivity index (χ1n) is 4.55. The zero-order valence-corrected chi connectivity index (χ0v) is 6.84. The zero-order valence-electron chi connectivity index (χ0n) is 6.84. The number of rotatable bonds is 2. The van der Waals surface area contributed by atoms with Gasteiger partial charge in [0.15, 0.2) is 0 Å². The monoisotopic (exact) mass is 148 g/mol. The molecule has 2 aliphatic carbocycles. The maximum absolute atomic E-state index is 4.60. The molecule has 2 aliphatic rings. The summed E-state index contributed by atoms with van der Waals surface area (Å²) in [5, 5.41) is 4.60. The van der Waals surface area contributed by atoms with Crippen molar-refractivity contribution in [3.63, 3.8) is 0 Å². The molecular weight excluding hydrogens is 134 g/mol. The standard InChI is InChI=1S/C10H14N/c1-2-6-9(5-1)11-10-7-3-4-8-10/h5,7H,1-4,6,8H2. The van der Waals surface area contributed by atoms with Crippen molar-refractivity contribution in [1.29, 1.82) is 0 Å². The van der Waals surface area contributed by atoms with Crippen molar-refractivity contribution in [3.05, 3.63) is 23.5 Å². The van der Waals surface area contributed by atoms with Crippen LogP contribution in [0.4, 0.5) is 0 Å². The molecule has 0 atom stereocenters. The highest BCUT2D eigenvalue weighted by molar-refractivity contribution is 5.15. The van der Waals surface area contributed by atoms with Crippen molar-refractivity contribution in [1.82, 2.24) is 5.32 Å². The normalized spacial score (nSPS) is 23.3. The summed E-state index contributed by atoms with van der Waals surface area (Å²) in [4.78, 5) is 0. The summed E-state index contributed by atoms with van der Waals surface area (Å²) in [5.41, 5.74) is 2.66. The molecule has 0 aliphatic heterocycles. The molecule has 0 aromatic rings. The van der Waals surface area contributed by atoms with Crippen LogP contribution >= 0.6 is 0 Å². The predicted octanol–water partition coefficient (Wildman–Crippen LogP) is 2.73. The van der Waals surface area contributed by atoms with Gasteiger partial charge in [0.05, 0.1) is 0 Å². The molecule has 11 heavy (non-hydrogen) atoms. The molecule has 0 aromatic carbocycles. The van der Waals surface area contributed by atoms with Crippen LogP contribution in [0.3, 0.4) is 0 Å². The Balaban J connectivity index is 1.89. The second kappa shape index (κ2) is 3.12. The molecular formula is C10H14N. The van der Waals surface area contributed by atoms with Gasteiger partial charge >= 0.3 is 0 Å². The maximum Gasteiger partial charge on any atom is 0.0367 e. The van der Waals surface area contributed by atoms with Gasteiger partial charge in [-0.05, 0) is 38.5 Å². The van der Waals surface area contributed by atoms with Gasteiger partial charge < -0.3 is 0 Å². The third-order valence-corrected chi connectivity index (χ3v) is 2.32. The van der Waals surface area contributed by atoms with Crippen LogP contribution in [0.1, 0.15) is 38.5 Å². The van der Waals surface area contributed by atoms with Gasteiger partial charge in [-0.2, -0.15) is 0 Å². The lowest BCUT2D eigenvalue weighted by Crippen LogP contribution is -2.00. The number of hydrogen-bond acceptors (Lipinski definition) is 0. The molecule has 0 fully saturated rings. The minimum Gasteiger partial charge on any atom is -0.259 e. The smallest absolute Gasteiger partial charge is 0.0367 e. The lowest BCUT2D eigenvalue weighted by atomic mass is 10.3. The fourth-order valence-electron chi connectivity index (χ4n) is 1.70. The molecule has 0 saturated heterocycles. The molecule has 0 amide bonds. The van der Waals surface area contributed by atoms with Crippen molar-refractivity contribution < 1.29 is 0 Å². The summed E-state index contributed by atoms with van der Waals surface area (Å²) < 4.78 is 0. The largest absolute Gasteiger partial charge is 0.259 e. The van der Waals surface area contributed by atoms with Gasteiger partial charge in [0.1, 0.15) is 0 Å². The topological polar surface area (TPSA) is 14.1 Å². The van der Waals surface area contributed by atoms with Crippen molar-refractivity contribution >= 4 is 0 Å². The van der Waals surface area contributed by atoms with Crippen LogP contribution in [0, 0.1) is 0 Å². The van der Waals surface area contributed by atoms with Gasteiger partial charge in [-0.15, -0.1) is 0 Å². The predicted molar refractivity (Wildman–Crippen MR) is 46.0 cm³/mol. The second-order valence-corrected chi connectivity index (χ2v) is 3.29. The molecule has 0 bridgehead atoms. The van der Waals surface area contributed by atoms with E-state index in [9.17, 15) is 0 Å². The fraction of sp³-hybridized carbons (Fsp3) is 0.600. The molecule has 0 heterocycles. The average molecular weight is 148 g/mol. The first-order valence-corrected chi connectivity index (χ1v) is 4.55. The van der Waals surface area contributed by atoms with Crippen molar-refractivity contribution in [2.24, 2.45) is 0 Å². The van der Waals surface area contributed by atoms with Gasteiger partial charge in [-0.3, -0.25) is 5.32 Å². The number of hydrogen-bond donors (Lipinski definition) is 0. The SMILES string of the molecule is C1=C([N]C2=CCCC2)CCC1.